The van der Waals surface area contributed by atoms with Crippen molar-refractivity contribution in [3.63, 3.8) is 0 Å². The molecule has 2 bridgehead atoms. The normalized spacial score (nSPS) is 27.9. The molecule has 2 fully saturated rings. The van der Waals surface area contributed by atoms with Crippen molar-refractivity contribution in [2.75, 3.05) is 26.4 Å². The summed E-state index contributed by atoms with van der Waals surface area (Å²) < 4.78 is 27.8. The predicted molar refractivity (Wildman–Crippen MR) is 81.6 cm³/mol. The minimum absolute atomic E-state index is 0.138. The van der Waals surface area contributed by atoms with Crippen molar-refractivity contribution in [1.29, 1.82) is 0 Å². The number of hydrogen-bond donors (Lipinski definition) is 0. The van der Waals surface area contributed by atoms with E-state index in [-0.39, 0.29) is 12.1 Å². The molecule has 3 rings (SSSR count). The topological polar surface area (TPSA) is 40.6 Å². The highest BCUT2D eigenvalue weighted by atomic mass is 32.2. The van der Waals surface area contributed by atoms with Gasteiger partial charge in [-0.3, -0.25) is 0 Å². The Morgan fingerprint density at radius 2 is 1.75 bits per heavy atom. The zero-order valence-electron chi connectivity index (χ0n) is 11.8. The van der Waals surface area contributed by atoms with Crippen molar-refractivity contribution in [2.24, 2.45) is 0 Å². The minimum Gasteiger partial charge on any atom is -0.303 e. The predicted octanol–water partition coefficient (Wildman–Crippen LogP) is 1.88. The maximum atomic E-state index is 13.0. The lowest BCUT2D eigenvalue weighted by Gasteiger charge is -2.38. The molecule has 110 valence electrons. The third-order valence-electron chi connectivity index (χ3n) is 4.22. The second-order valence-electron chi connectivity index (χ2n) is 5.59. The largest absolute Gasteiger partial charge is 0.303 e. The first-order valence-corrected chi connectivity index (χ1v) is 9.55. The van der Waals surface area contributed by atoms with Crippen molar-refractivity contribution in [2.45, 2.75) is 34.7 Å². The highest BCUT2D eigenvalue weighted by Crippen LogP contribution is 2.37. The molecular formula is C14H20N2O2S2. The maximum Gasteiger partial charge on any atom is 0.244 e. The molecule has 0 spiro atoms. The quantitative estimate of drug-likeness (QED) is 0.799. The van der Waals surface area contributed by atoms with E-state index in [9.17, 15) is 8.42 Å². The first-order valence-electron chi connectivity index (χ1n) is 6.89. The van der Waals surface area contributed by atoms with Crippen molar-refractivity contribution in [3.05, 3.63) is 24.3 Å². The summed E-state index contributed by atoms with van der Waals surface area (Å²) in [6, 6.07) is 7.60. The molecule has 2 aliphatic heterocycles. The molecule has 0 aliphatic carbocycles. The van der Waals surface area contributed by atoms with Gasteiger partial charge in [0.1, 0.15) is 0 Å². The first kappa shape index (κ1) is 14.4. The Balaban J connectivity index is 2.01. The zero-order valence-corrected chi connectivity index (χ0v) is 13.5. The molecule has 0 saturated carbocycles. The number of sulfonamides is 1. The molecule has 2 aliphatic rings. The Morgan fingerprint density at radius 1 is 1.15 bits per heavy atom. The number of likely N-dealkylation sites (tertiary alicyclic amines) is 1. The van der Waals surface area contributed by atoms with E-state index < -0.39 is 10.0 Å². The number of fused-ring (bicyclic) bond motifs is 2. The molecule has 0 amide bonds. The molecular weight excluding hydrogens is 292 g/mol. The van der Waals surface area contributed by atoms with Crippen LogP contribution < -0.4 is 0 Å². The molecule has 2 atom stereocenters. The van der Waals surface area contributed by atoms with E-state index in [4.69, 9.17) is 0 Å². The summed E-state index contributed by atoms with van der Waals surface area (Å²) in [5.41, 5.74) is 0. The molecule has 0 N–H and O–H groups in total. The highest BCUT2D eigenvalue weighted by molar-refractivity contribution is 7.99. The van der Waals surface area contributed by atoms with Crippen molar-refractivity contribution < 1.29 is 8.42 Å². The van der Waals surface area contributed by atoms with Gasteiger partial charge in [-0.15, -0.1) is 11.8 Å². The van der Waals surface area contributed by atoms with E-state index in [1.807, 2.05) is 24.5 Å². The fourth-order valence-electron chi connectivity index (χ4n) is 3.41. The Morgan fingerprint density at radius 3 is 2.35 bits per heavy atom. The van der Waals surface area contributed by atoms with Crippen LogP contribution in [0, 0.1) is 0 Å². The van der Waals surface area contributed by atoms with Crippen LogP contribution in [0.15, 0.2) is 34.1 Å². The van der Waals surface area contributed by atoms with E-state index in [0.717, 1.165) is 30.8 Å². The van der Waals surface area contributed by atoms with E-state index in [1.165, 1.54) is 11.8 Å². The van der Waals surface area contributed by atoms with Gasteiger partial charge in [0.25, 0.3) is 0 Å². The minimum atomic E-state index is -3.38. The maximum absolute atomic E-state index is 13.0. The number of thioether (sulfide) groups is 1. The van der Waals surface area contributed by atoms with Crippen LogP contribution in [0.25, 0.3) is 0 Å². The molecule has 0 aromatic heterocycles. The Kier molecular flexibility index (Phi) is 3.83. The van der Waals surface area contributed by atoms with E-state index >= 15 is 0 Å². The number of hydrogen-bond acceptors (Lipinski definition) is 4. The fourth-order valence-corrected chi connectivity index (χ4v) is 6.39. The third-order valence-corrected chi connectivity index (χ3v) is 7.21. The molecule has 2 saturated heterocycles. The van der Waals surface area contributed by atoms with Crippen molar-refractivity contribution in [1.82, 2.24) is 9.21 Å². The van der Waals surface area contributed by atoms with E-state index in [1.54, 1.807) is 10.4 Å². The summed E-state index contributed by atoms with van der Waals surface area (Å²) in [6.45, 7) is 1.69. The van der Waals surface area contributed by atoms with Gasteiger partial charge in [-0.1, -0.05) is 12.1 Å². The van der Waals surface area contributed by atoms with Crippen LogP contribution in [0.4, 0.5) is 0 Å². The smallest absolute Gasteiger partial charge is 0.244 e. The van der Waals surface area contributed by atoms with Gasteiger partial charge in [0.2, 0.25) is 10.0 Å². The molecule has 6 heteroatoms. The number of nitrogens with zero attached hydrogens (tertiary/aromatic N) is 2. The van der Waals surface area contributed by atoms with Gasteiger partial charge >= 0.3 is 0 Å². The van der Waals surface area contributed by atoms with Crippen molar-refractivity contribution >= 4 is 21.8 Å². The van der Waals surface area contributed by atoms with Gasteiger partial charge in [-0.2, -0.15) is 4.31 Å². The zero-order chi connectivity index (χ0) is 14.3. The van der Waals surface area contributed by atoms with Crippen LogP contribution in [-0.2, 0) is 10.0 Å². The summed E-state index contributed by atoms with van der Waals surface area (Å²) in [7, 11) is -1.30. The monoisotopic (exact) mass is 312 g/mol. The first-order chi connectivity index (χ1) is 9.54. The second kappa shape index (κ2) is 5.33. The van der Waals surface area contributed by atoms with Crippen LogP contribution in [0.3, 0.4) is 0 Å². The van der Waals surface area contributed by atoms with Gasteiger partial charge < -0.3 is 4.90 Å². The van der Waals surface area contributed by atoms with Gasteiger partial charge in [0, 0.05) is 30.1 Å². The second-order valence-corrected chi connectivity index (χ2v) is 8.25. The fraction of sp³-hybridized carbons (Fsp3) is 0.571. The van der Waals surface area contributed by atoms with Crippen LogP contribution >= 0.6 is 11.8 Å². The van der Waals surface area contributed by atoms with Crippen LogP contribution in [0.5, 0.6) is 0 Å². The van der Waals surface area contributed by atoms with Crippen LogP contribution in [0.1, 0.15) is 12.8 Å². The molecule has 0 radical (unpaired) electrons. The van der Waals surface area contributed by atoms with Gasteiger partial charge in [-0.05, 0) is 38.3 Å². The molecule has 20 heavy (non-hydrogen) atoms. The summed E-state index contributed by atoms with van der Waals surface area (Å²) in [6.07, 6.45) is 3.89. The number of likely N-dealkylation sites (N-methyl/N-ethyl adjacent to an activating group) is 1. The molecule has 2 heterocycles. The molecule has 4 nitrogen and oxygen atoms in total. The summed E-state index contributed by atoms with van der Waals surface area (Å²) in [5.74, 6) is 0. The number of piperazine rings is 1. The molecule has 1 aromatic rings. The summed E-state index contributed by atoms with van der Waals surface area (Å²) >= 11 is 1.49. The van der Waals surface area contributed by atoms with Gasteiger partial charge in [0.15, 0.2) is 0 Å². The summed E-state index contributed by atoms with van der Waals surface area (Å²) in [4.78, 5) is 3.55. The third kappa shape index (κ3) is 2.28. The number of rotatable bonds is 3. The summed E-state index contributed by atoms with van der Waals surface area (Å²) in [5, 5.41) is 0. The standard InChI is InChI=1S/C14H20N2O2S2/c1-15-9-11-7-8-12(10-15)16(11)20(17,18)14-6-4-3-5-13(14)19-2/h3-6,11-12H,7-10H2,1-2H3. The lowest BCUT2D eigenvalue weighted by Crippen LogP contribution is -2.54. The lowest BCUT2D eigenvalue weighted by molar-refractivity contribution is 0.154. The molecule has 1 aromatic carbocycles. The van der Waals surface area contributed by atoms with E-state index in [0.29, 0.717) is 4.90 Å². The van der Waals surface area contributed by atoms with E-state index in [2.05, 4.69) is 11.9 Å². The Labute approximate surface area is 125 Å². The van der Waals surface area contributed by atoms with Crippen LogP contribution in [0.2, 0.25) is 0 Å². The van der Waals surface area contributed by atoms with Crippen molar-refractivity contribution in [3.8, 4) is 0 Å². The molecule has 2 unspecified atom stereocenters. The van der Waals surface area contributed by atoms with Crippen LogP contribution in [-0.4, -0.2) is 56.1 Å². The Bertz CT molecular complexity index is 589. The SMILES string of the molecule is CSc1ccccc1S(=O)(=O)N1C2CCC1CN(C)C2. The highest BCUT2D eigenvalue weighted by Gasteiger charge is 2.46. The van der Waals surface area contributed by atoms with Gasteiger partial charge in [-0.25, -0.2) is 8.42 Å². The average Bonchev–Trinajstić information content (AvgIpc) is 2.72. The lowest BCUT2D eigenvalue weighted by atomic mass is 10.2. The van der Waals surface area contributed by atoms with Gasteiger partial charge in [0.05, 0.1) is 4.90 Å². The average molecular weight is 312 g/mol. The number of benzene rings is 1. The Hall–Kier alpha value is -0.560.